The fourth-order valence-electron chi connectivity index (χ4n) is 4.87. The van der Waals surface area contributed by atoms with Gasteiger partial charge in [-0.2, -0.15) is 4.31 Å². The topological polar surface area (TPSA) is 98.7 Å². The molecule has 2 fully saturated rings. The Balaban J connectivity index is 1.23. The number of hydrogen-bond acceptors (Lipinski definition) is 7. The first kappa shape index (κ1) is 24.8. The van der Waals surface area contributed by atoms with E-state index in [-0.39, 0.29) is 10.7 Å². The van der Waals surface area contributed by atoms with Crippen molar-refractivity contribution in [1.82, 2.24) is 19.2 Å². The highest BCUT2D eigenvalue weighted by molar-refractivity contribution is 7.89. The third-order valence-electron chi connectivity index (χ3n) is 6.89. The Morgan fingerprint density at radius 2 is 1.72 bits per heavy atom. The molecule has 0 aliphatic carbocycles. The highest BCUT2D eigenvalue weighted by atomic mass is 32.2. The van der Waals surface area contributed by atoms with Crippen LogP contribution in [0.25, 0.3) is 11.3 Å². The summed E-state index contributed by atoms with van der Waals surface area (Å²) in [6.07, 6.45) is 4.76. The number of halogens is 1. The van der Waals surface area contributed by atoms with Crippen LogP contribution in [-0.2, 0) is 10.0 Å². The minimum Gasteiger partial charge on any atom is -0.388 e. The van der Waals surface area contributed by atoms with Gasteiger partial charge in [0.15, 0.2) is 0 Å². The van der Waals surface area contributed by atoms with Gasteiger partial charge in [-0.1, -0.05) is 12.1 Å². The van der Waals surface area contributed by atoms with Gasteiger partial charge in [-0.15, -0.1) is 0 Å². The number of aliphatic hydroxyl groups is 1. The lowest BCUT2D eigenvalue weighted by Crippen LogP contribution is -2.51. The Bertz CT molecular complexity index is 1310. The molecular formula is C26H30FN5O3S. The molecule has 0 spiro atoms. The molecule has 10 heteroatoms. The van der Waals surface area contributed by atoms with E-state index in [0.717, 1.165) is 25.9 Å². The summed E-state index contributed by atoms with van der Waals surface area (Å²) in [5.41, 5.74) is 1.00. The lowest BCUT2D eigenvalue weighted by atomic mass is 9.92. The summed E-state index contributed by atoms with van der Waals surface area (Å²) >= 11 is 0. The highest BCUT2D eigenvalue weighted by Gasteiger charge is 2.38. The van der Waals surface area contributed by atoms with E-state index < -0.39 is 15.6 Å². The van der Waals surface area contributed by atoms with Gasteiger partial charge in [-0.25, -0.2) is 22.8 Å². The van der Waals surface area contributed by atoms with Crippen LogP contribution >= 0.6 is 0 Å². The number of piperidine rings is 1. The van der Waals surface area contributed by atoms with Crippen LogP contribution in [0.1, 0.15) is 25.7 Å². The van der Waals surface area contributed by atoms with Crippen LogP contribution in [0, 0.1) is 5.82 Å². The standard InChI is InChI=1S/C26H30FN5O3S/c27-21-5-3-4-20(18-21)24-10-13-28-25(30-24)29-22-6-8-23(9-7-22)36(34,35)32-16-11-26(33,12-17-32)19-31-14-1-2-15-31/h3-10,13,18,33H,1-2,11-12,14-17,19H2,(H,28,29,30). The Hall–Kier alpha value is -2.92. The van der Waals surface area contributed by atoms with E-state index >= 15 is 0 Å². The molecule has 3 aromatic rings. The van der Waals surface area contributed by atoms with Crippen LogP contribution in [0.15, 0.2) is 65.7 Å². The summed E-state index contributed by atoms with van der Waals surface area (Å²) in [5, 5.41) is 14.0. The summed E-state index contributed by atoms with van der Waals surface area (Å²) < 4.78 is 41.4. The fraction of sp³-hybridized carbons (Fsp3) is 0.385. The molecule has 8 nitrogen and oxygen atoms in total. The first-order valence-electron chi connectivity index (χ1n) is 12.2. The Morgan fingerprint density at radius 1 is 1.00 bits per heavy atom. The van der Waals surface area contributed by atoms with Crippen LogP contribution in [-0.4, -0.2) is 71.0 Å². The molecule has 190 valence electrons. The SMILES string of the molecule is O=S(=O)(c1ccc(Nc2nccc(-c3cccc(F)c3)n2)cc1)N1CCC(O)(CN2CCCC2)CC1. The average molecular weight is 512 g/mol. The van der Waals surface area contributed by atoms with Gasteiger partial charge in [-0.3, -0.25) is 0 Å². The minimum atomic E-state index is -3.66. The van der Waals surface area contributed by atoms with E-state index in [9.17, 15) is 17.9 Å². The molecule has 2 aliphatic rings. The first-order valence-corrected chi connectivity index (χ1v) is 13.7. The zero-order chi connectivity index (χ0) is 25.2. The molecule has 2 aromatic carbocycles. The lowest BCUT2D eigenvalue weighted by molar-refractivity contribution is -0.0284. The number of benzene rings is 2. The average Bonchev–Trinajstić information content (AvgIpc) is 3.37. The molecule has 2 aliphatic heterocycles. The van der Waals surface area contributed by atoms with Crippen molar-refractivity contribution in [3.8, 4) is 11.3 Å². The molecule has 2 saturated heterocycles. The van der Waals surface area contributed by atoms with Gasteiger partial charge in [-0.05, 0) is 81.2 Å². The second-order valence-corrected chi connectivity index (χ2v) is 11.5. The predicted molar refractivity (Wildman–Crippen MR) is 136 cm³/mol. The van der Waals surface area contributed by atoms with Crippen LogP contribution in [0.5, 0.6) is 0 Å². The molecule has 0 bridgehead atoms. The van der Waals surface area contributed by atoms with Gasteiger partial charge in [0, 0.05) is 37.1 Å². The second-order valence-electron chi connectivity index (χ2n) is 9.54. The van der Waals surface area contributed by atoms with Crippen molar-refractivity contribution in [2.24, 2.45) is 0 Å². The molecule has 36 heavy (non-hydrogen) atoms. The van der Waals surface area contributed by atoms with E-state index in [4.69, 9.17) is 0 Å². The van der Waals surface area contributed by atoms with Gasteiger partial charge < -0.3 is 15.3 Å². The predicted octanol–water partition coefficient (Wildman–Crippen LogP) is 3.64. The van der Waals surface area contributed by atoms with E-state index in [1.54, 1.807) is 48.7 Å². The molecule has 0 saturated carbocycles. The smallest absolute Gasteiger partial charge is 0.243 e. The number of β-amino-alcohol motifs (C(OH)–C–C–N with tert-alkyl or cyclic N) is 1. The number of rotatable bonds is 7. The van der Waals surface area contributed by atoms with Crippen molar-refractivity contribution < 1.29 is 17.9 Å². The van der Waals surface area contributed by atoms with Gasteiger partial charge in [0.1, 0.15) is 5.82 Å². The number of aromatic nitrogens is 2. The molecule has 1 aromatic heterocycles. The van der Waals surface area contributed by atoms with Gasteiger partial charge in [0.2, 0.25) is 16.0 Å². The van der Waals surface area contributed by atoms with E-state index in [0.29, 0.717) is 55.4 Å². The number of anilines is 2. The van der Waals surface area contributed by atoms with Crippen LogP contribution < -0.4 is 5.32 Å². The fourth-order valence-corrected chi connectivity index (χ4v) is 6.32. The van der Waals surface area contributed by atoms with Crippen LogP contribution in [0.2, 0.25) is 0 Å². The van der Waals surface area contributed by atoms with E-state index in [1.807, 2.05) is 0 Å². The molecule has 0 radical (unpaired) electrons. The zero-order valence-corrected chi connectivity index (χ0v) is 20.8. The maximum absolute atomic E-state index is 13.6. The third kappa shape index (κ3) is 5.57. The lowest BCUT2D eigenvalue weighted by Gasteiger charge is -2.39. The van der Waals surface area contributed by atoms with Gasteiger partial charge in [0.05, 0.1) is 16.2 Å². The number of likely N-dealkylation sites (tertiary alicyclic amines) is 1. The summed E-state index contributed by atoms with van der Waals surface area (Å²) in [5.74, 6) is -0.0249. The largest absolute Gasteiger partial charge is 0.388 e. The summed E-state index contributed by atoms with van der Waals surface area (Å²) in [6, 6.07) is 14.3. The highest BCUT2D eigenvalue weighted by Crippen LogP contribution is 2.29. The normalized spacial score (nSPS) is 18.8. The molecule has 0 amide bonds. The maximum atomic E-state index is 13.6. The molecule has 0 atom stereocenters. The van der Waals surface area contributed by atoms with Crippen LogP contribution in [0.4, 0.5) is 16.0 Å². The Morgan fingerprint density at radius 3 is 2.42 bits per heavy atom. The number of hydrogen-bond donors (Lipinski definition) is 2. The van der Waals surface area contributed by atoms with Crippen molar-refractivity contribution in [2.45, 2.75) is 36.2 Å². The number of nitrogens with one attached hydrogen (secondary N) is 1. The Kier molecular flexibility index (Phi) is 7.03. The molecule has 2 N–H and O–H groups in total. The summed E-state index contributed by atoms with van der Waals surface area (Å²) in [4.78, 5) is 11.1. The molecular weight excluding hydrogens is 481 g/mol. The van der Waals surface area contributed by atoms with Crippen molar-refractivity contribution >= 4 is 21.7 Å². The molecule has 5 rings (SSSR count). The van der Waals surface area contributed by atoms with Gasteiger partial charge >= 0.3 is 0 Å². The zero-order valence-electron chi connectivity index (χ0n) is 20.0. The summed E-state index contributed by atoms with van der Waals surface area (Å²) in [6.45, 7) is 3.22. The number of sulfonamides is 1. The molecule has 3 heterocycles. The van der Waals surface area contributed by atoms with Crippen molar-refractivity contribution in [2.75, 3.05) is 38.0 Å². The second kappa shape index (κ2) is 10.2. The van der Waals surface area contributed by atoms with E-state index in [2.05, 4.69) is 20.2 Å². The monoisotopic (exact) mass is 511 g/mol. The minimum absolute atomic E-state index is 0.201. The molecule has 0 unspecified atom stereocenters. The quantitative estimate of drug-likeness (QED) is 0.500. The number of nitrogens with zero attached hydrogens (tertiary/aromatic N) is 4. The van der Waals surface area contributed by atoms with Gasteiger partial charge in [0.25, 0.3) is 0 Å². The van der Waals surface area contributed by atoms with Crippen LogP contribution in [0.3, 0.4) is 0 Å². The summed E-state index contributed by atoms with van der Waals surface area (Å²) in [7, 11) is -3.66. The van der Waals surface area contributed by atoms with E-state index in [1.165, 1.54) is 16.4 Å². The first-order chi connectivity index (χ1) is 17.3. The van der Waals surface area contributed by atoms with Crippen molar-refractivity contribution in [3.05, 3.63) is 66.6 Å². The maximum Gasteiger partial charge on any atom is 0.243 e. The third-order valence-corrected chi connectivity index (χ3v) is 8.81. The van der Waals surface area contributed by atoms with Crippen molar-refractivity contribution in [3.63, 3.8) is 0 Å². The van der Waals surface area contributed by atoms with Crippen molar-refractivity contribution in [1.29, 1.82) is 0 Å². The Labute approximate surface area is 210 Å².